The Morgan fingerprint density at radius 1 is 1.21 bits per heavy atom. The van der Waals surface area contributed by atoms with Gasteiger partial charge in [0.25, 0.3) is 0 Å². The van der Waals surface area contributed by atoms with E-state index in [0.29, 0.717) is 12.6 Å². The van der Waals surface area contributed by atoms with E-state index in [0.717, 1.165) is 44.1 Å². The number of hydrogen-bond acceptors (Lipinski definition) is 5. The van der Waals surface area contributed by atoms with E-state index in [2.05, 4.69) is 10.2 Å². The van der Waals surface area contributed by atoms with Gasteiger partial charge < -0.3 is 18.9 Å². The Hall–Kier alpha value is -2.05. The van der Waals surface area contributed by atoms with Gasteiger partial charge in [-0.1, -0.05) is 0 Å². The third-order valence-corrected chi connectivity index (χ3v) is 4.94. The zero-order valence-electron chi connectivity index (χ0n) is 13.5. The van der Waals surface area contributed by atoms with E-state index in [1.54, 1.807) is 12.5 Å². The highest BCUT2D eigenvalue weighted by Gasteiger charge is 2.42. The van der Waals surface area contributed by atoms with Crippen LogP contribution in [0.5, 0.6) is 0 Å². The van der Waals surface area contributed by atoms with Gasteiger partial charge in [0.2, 0.25) is 5.91 Å². The molecular weight excluding hydrogens is 308 g/mol. The predicted molar refractivity (Wildman–Crippen MR) is 85.9 cm³/mol. The van der Waals surface area contributed by atoms with E-state index in [1.807, 2.05) is 24.3 Å². The molecule has 128 valence electrons. The van der Waals surface area contributed by atoms with Crippen molar-refractivity contribution in [3.63, 3.8) is 0 Å². The Labute approximate surface area is 140 Å². The van der Waals surface area contributed by atoms with E-state index in [-0.39, 0.29) is 17.9 Å². The van der Waals surface area contributed by atoms with E-state index < -0.39 is 0 Å². The number of piperidine rings is 1. The molecule has 0 bridgehead atoms. The van der Waals surface area contributed by atoms with Crippen molar-refractivity contribution < 1.29 is 18.4 Å². The number of carbonyl (C=O) groups excluding carboxylic acids is 1. The SMILES string of the molecule is O=C(NCc1ccco1)[C@H]1C[C@H]2OCC[C@H]2N(Cc2ccco2)C1. The third-order valence-electron chi connectivity index (χ3n) is 4.94. The van der Waals surface area contributed by atoms with Gasteiger partial charge in [-0.2, -0.15) is 0 Å². The molecule has 0 unspecified atom stereocenters. The predicted octanol–water partition coefficient (Wildman–Crippen LogP) is 2.17. The molecule has 2 aliphatic heterocycles. The van der Waals surface area contributed by atoms with Crippen LogP contribution in [0.4, 0.5) is 0 Å². The van der Waals surface area contributed by atoms with Crippen molar-refractivity contribution in [1.29, 1.82) is 0 Å². The number of rotatable bonds is 5. The highest BCUT2D eigenvalue weighted by molar-refractivity contribution is 5.79. The number of fused-ring (bicyclic) bond motifs is 1. The quantitative estimate of drug-likeness (QED) is 0.910. The number of ether oxygens (including phenoxy) is 1. The van der Waals surface area contributed by atoms with E-state index in [9.17, 15) is 4.79 Å². The molecular formula is C18H22N2O4. The zero-order chi connectivity index (χ0) is 16.4. The summed E-state index contributed by atoms with van der Waals surface area (Å²) >= 11 is 0. The number of likely N-dealkylation sites (tertiary alicyclic amines) is 1. The Morgan fingerprint density at radius 2 is 2.00 bits per heavy atom. The first-order chi connectivity index (χ1) is 11.8. The minimum Gasteiger partial charge on any atom is -0.468 e. The monoisotopic (exact) mass is 330 g/mol. The topological polar surface area (TPSA) is 67.8 Å². The maximum atomic E-state index is 12.6. The molecule has 24 heavy (non-hydrogen) atoms. The maximum absolute atomic E-state index is 12.6. The van der Waals surface area contributed by atoms with Crippen LogP contribution in [0.2, 0.25) is 0 Å². The van der Waals surface area contributed by atoms with Gasteiger partial charge in [0.15, 0.2) is 0 Å². The van der Waals surface area contributed by atoms with E-state index in [4.69, 9.17) is 13.6 Å². The van der Waals surface area contributed by atoms with Gasteiger partial charge >= 0.3 is 0 Å². The highest BCUT2D eigenvalue weighted by Crippen LogP contribution is 2.32. The molecule has 2 aliphatic rings. The average Bonchev–Trinajstić information content (AvgIpc) is 3.33. The lowest BCUT2D eigenvalue weighted by Gasteiger charge is -2.39. The van der Waals surface area contributed by atoms with Gasteiger partial charge in [0.05, 0.1) is 37.6 Å². The molecule has 2 fully saturated rings. The normalized spacial score (nSPS) is 27.1. The number of carbonyl (C=O) groups is 1. The van der Waals surface area contributed by atoms with Crippen molar-refractivity contribution in [2.75, 3.05) is 13.2 Å². The van der Waals surface area contributed by atoms with Crippen molar-refractivity contribution in [1.82, 2.24) is 10.2 Å². The summed E-state index contributed by atoms with van der Waals surface area (Å²) in [6, 6.07) is 7.94. The van der Waals surface area contributed by atoms with Crippen LogP contribution in [0.25, 0.3) is 0 Å². The van der Waals surface area contributed by atoms with Crippen LogP contribution in [-0.2, 0) is 22.6 Å². The Morgan fingerprint density at radius 3 is 2.75 bits per heavy atom. The van der Waals surface area contributed by atoms with E-state index in [1.165, 1.54) is 0 Å². The summed E-state index contributed by atoms with van der Waals surface area (Å²) in [6.07, 6.45) is 5.24. The first-order valence-electron chi connectivity index (χ1n) is 8.48. The fourth-order valence-electron chi connectivity index (χ4n) is 3.76. The molecule has 6 heteroatoms. The summed E-state index contributed by atoms with van der Waals surface area (Å²) in [5, 5.41) is 2.98. The fourth-order valence-corrected chi connectivity index (χ4v) is 3.76. The molecule has 1 amide bonds. The number of nitrogens with zero attached hydrogens (tertiary/aromatic N) is 1. The van der Waals surface area contributed by atoms with Crippen molar-refractivity contribution >= 4 is 5.91 Å². The Kier molecular flexibility index (Phi) is 4.40. The van der Waals surface area contributed by atoms with Crippen LogP contribution >= 0.6 is 0 Å². The minimum absolute atomic E-state index is 0.0600. The second kappa shape index (κ2) is 6.83. The molecule has 4 heterocycles. The maximum Gasteiger partial charge on any atom is 0.224 e. The molecule has 0 aliphatic carbocycles. The summed E-state index contributed by atoms with van der Waals surface area (Å²) in [6.45, 7) is 2.65. The van der Waals surface area contributed by atoms with Crippen molar-refractivity contribution in [2.45, 2.75) is 38.1 Å². The third kappa shape index (κ3) is 3.25. The van der Waals surface area contributed by atoms with Crippen LogP contribution in [0.15, 0.2) is 45.6 Å². The second-order valence-electron chi connectivity index (χ2n) is 6.50. The van der Waals surface area contributed by atoms with Crippen LogP contribution < -0.4 is 5.32 Å². The van der Waals surface area contributed by atoms with Gasteiger partial charge in [0, 0.05) is 19.2 Å². The molecule has 0 radical (unpaired) electrons. The average molecular weight is 330 g/mol. The van der Waals surface area contributed by atoms with Crippen LogP contribution in [0.3, 0.4) is 0 Å². The van der Waals surface area contributed by atoms with Crippen molar-refractivity contribution in [3.05, 3.63) is 48.3 Å². The van der Waals surface area contributed by atoms with Gasteiger partial charge in [-0.25, -0.2) is 0 Å². The molecule has 0 aromatic carbocycles. The second-order valence-corrected chi connectivity index (χ2v) is 6.50. The Balaban J connectivity index is 1.40. The number of amides is 1. The van der Waals surface area contributed by atoms with Crippen molar-refractivity contribution in [2.24, 2.45) is 5.92 Å². The van der Waals surface area contributed by atoms with Gasteiger partial charge in [0.1, 0.15) is 11.5 Å². The summed E-state index contributed by atoms with van der Waals surface area (Å²) in [4.78, 5) is 14.9. The van der Waals surface area contributed by atoms with E-state index >= 15 is 0 Å². The molecule has 2 saturated heterocycles. The minimum atomic E-state index is -0.0747. The zero-order valence-corrected chi connectivity index (χ0v) is 13.5. The molecule has 4 rings (SSSR count). The summed E-state index contributed by atoms with van der Waals surface area (Å²) in [5.41, 5.74) is 0. The summed E-state index contributed by atoms with van der Waals surface area (Å²) < 4.78 is 16.6. The van der Waals surface area contributed by atoms with Crippen LogP contribution in [0.1, 0.15) is 24.4 Å². The first-order valence-corrected chi connectivity index (χ1v) is 8.48. The van der Waals surface area contributed by atoms with Gasteiger partial charge in [-0.15, -0.1) is 0 Å². The van der Waals surface area contributed by atoms with Crippen LogP contribution in [-0.4, -0.2) is 36.1 Å². The Bertz CT molecular complexity index is 653. The summed E-state index contributed by atoms with van der Waals surface area (Å²) in [5.74, 6) is 1.68. The number of hydrogen-bond donors (Lipinski definition) is 1. The lowest BCUT2D eigenvalue weighted by atomic mass is 9.89. The number of nitrogens with one attached hydrogen (secondary N) is 1. The summed E-state index contributed by atoms with van der Waals surface area (Å²) in [7, 11) is 0. The molecule has 0 saturated carbocycles. The largest absolute Gasteiger partial charge is 0.468 e. The molecule has 3 atom stereocenters. The smallest absolute Gasteiger partial charge is 0.224 e. The van der Waals surface area contributed by atoms with Gasteiger partial charge in [-0.3, -0.25) is 9.69 Å². The fraction of sp³-hybridized carbons (Fsp3) is 0.500. The molecule has 6 nitrogen and oxygen atoms in total. The molecule has 0 spiro atoms. The molecule has 2 aromatic rings. The van der Waals surface area contributed by atoms with Gasteiger partial charge in [-0.05, 0) is 37.1 Å². The standard InChI is InChI=1S/C18H22N2O4/c21-18(19-10-14-3-1-6-22-14)13-9-17-16(5-8-24-17)20(11-13)12-15-4-2-7-23-15/h1-4,6-7,13,16-17H,5,8-12H2,(H,19,21)/t13-,16+,17+/m0/s1. The molecule has 1 N–H and O–H groups in total. The molecule has 2 aromatic heterocycles. The lowest BCUT2D eigenvalue weighted by Crippen LogP contribution is -2.52. The van der Waals surface area contributed by atoms with Crippen molar-refractivity contribution in [3.8, 4) is 0 Å². The lowest BCUT2D eigenvalue weighted by molar-refractivity contribution is -0.130. The van der Waals surface area contributed by atoms with Crippen LogP contribution in [0, 0.1) is 5.92 Å². The number of furan rings is 2. The highest BCUT2D eigenvalue weighted by atomic mass is 16.5. The first kappa shape index (κ1) is 15.5.